The number of nitrogens with zero attached hydrogens (tertiary/aromatic N) is 4. The van der Waals surface area contributed by atoms with Gasteiger partial charge in [-0.15, -0.1) is 0 Å². The maximum atomic E-state index is 10.6. The third-order valence-corrected chi connectivity index (χ3v) is 5.77. The van der Waals surface area contributed by atoms with Gasteiger partial charge >= 0.3 is 0 Å². The van der Waals surface area contributed by atoms with Crippen molar-refractivity contribution >= 4 is 11.8 Å². The van der Waals surface area contributed by atoms with Gasteiger partial charge in [0, 0.05) is 23.1 Å². The normalized spacial score (nSPS) is 11.8. The summed E-state index contributed by atoms with van der Waals surface area (Å²) < 4.78 is 6.79. The SMILES string of the molecule is Cc1ccc(Sc2c(-c3ccc(-c4ncon4)cc3)nc(C(C)(C)O)n2C)cc1. The number of aryl methyl sites for hydroxylation is 1. The number of aromatic nitrogens is 4. The van der Waals surface area contributed by atoms with E-state index >= 15 is 0 Å². The molecular formula is C22H22N4O2S. The molecule has 148 valence electrons. The van der Waals surface area contributed by atoms with Gasteiger partial charge in [-0.3, -0.25) is 0 Å². The predicted molar refractivity (Wildman–Crippen MR) is 112 cm³/mol. The Hall–Kier alpha value is -2.90. The van der Waals surface area contributed by atoms with Crippen LogP contribution >= 0.6 is 11.8 Å². The minimum atomic E-state index is -1.06. The highest BCUT2D eigenvalue weighted by molar-refractivity contribution is 7.99. The topological polar surface area (TPSA) is 77.0 Å². The Morgan fingerprint density at radius 3 is 2.24 bits per heavy atom. The minimum Gasteiger partial charge on any atom is -0.383 e. The van der Waals surface area contributed by atoms with E-state index in [1.54, 1.807) is 25.6 Å². The molecule has 0 fully saturated rings. The Bertz CT molecular complexity index is 1110. The van der Waals surface area contributed by atoms with Crippen LogP contribution < -0.4 is 0 Å². The molecule has 0 aliphatic rings. The van der Waals surface area contributed by atoms with Crippen LogP contribution in [0.1, 0.15) is 25.2 Å². The van der Waals surface area contributed by atoms with Gasteiger partial charge < -0.3 is 14.2 Å². The number of imidazole rings is 1. The zero-order valence-electron chi connectivity index (χ0n) is 16.7. The molecule has 7 heteroatoms. The molecule has 0 bridgehead atoms. The molecule has 0 atom stereocenters. The molecule has 1 N–H and O–H groups in total. The molecule has 2 heterocycles. The van der Waals surface area contributed by atoms with Crippen LogP contribution in [-0.2, 0) is 12.6 Å². The largest absolute Gasteiger partial charge is 0.383 e. The van der Waals surface area contributed by atoms with Gasteiger partial charge in [-0.2, -0.15) is 4.98 Å². The molecule has 0 amide bonds. The molecule has 0 radical (unpaired) electrons. The third-order valence-electron chi connectivity index (χ3n) is 4.60. The van der Waals surface area contributed by atoms with Crippen molar-refractivity contribution in [1.82, 2.24) is 19.7 Å². The van der Waals surface area contributed by atoms with Crippen molar-refractivity contribution < 1.29 is 9.63 Å². The Morgan fingerprint density at radius 1 is 1.00 bits per heavy atom. The second kappa shape index (κ2) is 7.50. The van der Waals surface area contributed by atoms with Crippen LogP contribution in [-0.4, -0.2) is 24.8 Å². The first kappa shape index (κ1) is 19.4. The second-order valence-corrected chi connectivity index (χ2v) is 8.52. The van der Waals surface area contributed by atoms with Crippen LogP contribution in [0, 0.1) is 6.92 Å². The molecule has 0 aliphatic carbocycles. The number of rotatable bonds is 5. The maximum absolute atomic E-state index is 10.6. The van der Waals surface area contributed by atoms with Crippen LogP contribution in [0.3, 0.4) is 0 Å². The molecule has 0 unspecified atom stereocenters. The average Bonchev–Trinajstić information content (AvgIpc) is 3.33. The molecular weight excluding hydrogens is 384 g/mol. The summed E-state index contributed by atoms with van der Waals surface area (Å²) >= 11 is 1.63. The minimum absolute atomic E-state index is 0.545. The number of aliphatic hydroxyl groups is 1. The highest BCUT2D eigenvalue weighted by atomic mass is 32.2. The molecule has 4 aromatic rings. The van der Waals surface area contributed by atoms with Crippen molar-refractivity contribution in [3.05, 3.63) is 66.3 Å². The van der Waals surface area contributed by atoms with E-state index in [1.807, 2.05) is 35.9 Å². The molecule has 4 rings (SSSR count). The first-order valence-corrected chi connectivity index (χ1v) is 10.1. The summed E-state index contributed by atoms with van der Waals surface area (Å²) in [6, 6.07) is 16.2. The van der Waals surface area contributed by atoms with Crippen molar-refractivity contribution in [3.63, 3.8) is 0 Å². The zero-order chi connectivity index (χ0) is 20.6. The molecule has 0 aliphatic heterocycles. The summed E-state index contributed by atoms with van der Waals surface area (Å²) in [5.41, 5.74) is 2.82. The summed E-state index contributed by atoms with van der Waals surface area (Å²) in [6.07, 6.45) is 1.31. The molecule has 29 heavy (non-hydrogen) atoms. The molecule has 0 saturated carbocycles. The van der Waals surface area contributed by atoms with Gasteiger partial charge in [0.1, 0.15) is 22.1 Å². The van der Waals surface area contributed by atoms with Crippen molar-refractivity contribution in [1.29, 1.82) is 0 Å². The lowest BCUT2D eigenvalue weighted by molar-refractivity contribution is 0.0652. The number of benzene rings is 2. The Kier molecular flexibility index (Phi) is 5.02. The van der Waals surface area contributed by atoms with Crippen molar-refractivity contribution in [2.45, 2.75) is 36.3 Å². The summed E-state index contributed by atoms with van der Waals surface area (Å²) in [5, 5.41) is 15.5. The molecule has 6 nitrogen and oxygen atoms in total. The van der Waals surface area contributed by atoms with E-state index in [0.29, 0.717) is 11.6 Å². The fourth-order valence-corrected chi connectivity index (χ4v) is 4.11. The highest BCUT2D eigenvalue weighted by Gasteiger charge is 2.27. The summed E-state index contributed by atoms with van der Waals surface area (Å²) in [5.74, 6) is 1.16. The van der Waals surface area contributed by atoms with Crippen molar-refractivity contribution in [2.75, 3.05) is 0 Å². The molecule has 2 aromatic carbocycles. The van der Waals surface area contributed by atoms with E-state index in [9.17, 15) is 5.11 Å². The number of hydrogen-bond donors (Lipinski definition) is 1. The van der Waals surface area contributed by atoms with Crippen LogP contribution in [0.5, 0.6) is 0 Å². The van der Waals surface area contributed by atoms with Crippen molar-refractivity contribution in [3.8, 4) is 22.6 Å². The van der Waals surface area contributed by atoms with Gasteiger partial charge in [0.05, 0.1) is 0 Å². The Morgan fingerprint density at radius 2 is 1.66 bits per heavy atom. The summed E-state index contributed by atoms with van der Waals surface area (Å²) in [7, 11) is 1.94. The van der Waals surface area contributed by atoms with Crippen LogP contribution in [0.4, 0.5) is 0 Å². The quantitative estimate of drug-likeness (QED) is 0.512. The second-order valence-electron chi connectivity index (χ2n) is 7.45. The highest BCUT2D eigenvalue weighted by Crippen LogP contribution is 2.38. The maximum Gasteiger partial charge on any atom is 0.214 e. The van der Waals surface area contributed by atoms with Crippen LogP contribution in [0.25, 0.3) is 22.6 Å². The predicted octanol–water partition coefficient (Wildman–Crippen LogP) is 4.82. The van der Waals surface area contributed by atoms with E-state index in [0.717, 1.165) is 26.7 Å². The van der Waals surface area contributed by atoms with Gasteiger partial charge in [-0.1, -0.05) is 58.9 Å². The van der Waals surface area contributed by atoms with Gasteiger partial charge in [0.25, 0.3) is 0 Å². The lowest BCUT2D eigenvalue weighted by Crippen LogP contribution is -2.21. The molecule has 2 aromatic heterocycles. The Balaban J connectivity index is 1.78. The van der Waals surface area contributed by atoms with E-state index in [-0.39, 0.29) is 0 Å². The first-order chi connectivity index (χ1) is 13.8. The smallest absolute Gasteiger partial charge is 0.214 e. The van der Waals surface area contributed by atoms with Gasteiger partial charge in [-0.25, -0.2) is 4.98 Å². The van der Waals surface area contributed by atoms with Gasteiger partial charge in [-0.05, 0) is 32.9 Å². The summed E-state index contributed by atoms with van der Waals surface area (Å²) in [4.78, 5) is 10.0. The summed E-state index contributed by atoms with van der Waals surface area (Å²) in [6.45, 7) is 5.57. The number of hydrogen-bond acceptors (Lipinski definition) is 6. The van der Waals surface area contributed by atoms with E-state index in [1.165, 1.54) is 12.0 Å². The van der Waals surface area contributed by atoms with Crippen LogP contribution in [0.2, 0.25) is 0 Å². The third kappa shape index (κ3) is 3.97. The fourth-order valence-electron chi connectivity index (χ4n) is 3.13. The van der Waals surface area contributed by atoms with Crippen LogP contribution in [0.15, 0.2) is 69.4 Å². The van der Waals surface area contributed by atoms with Crippen molar-refractivity contribution in [2.24, 2.45) is 7.05 Å². The zero-order valence-corrected chi connectivity index (χ0v) is 17.6. The Labute approximate surface area is 173 Å². The fraction of sp³-hybridized carbons (Fsp3) is 0.227. The van der Waals surface area contributed by atoms with E-state index < -0.39 is 5.60 Å². The van der Waals surface area contributed by atoms with Gasteiger partial charge in [0.2, 0.25) is 12.2 Å². The lowest BCUT2D eigenvalue weighted by Gasteiger charge is -2.17. The van der Waals surface area contributed by atoms with E-state index in [4.69, 9.17) is 9.51 Å². The first-order valence-electron chi connectivity index (χ1n) is 9.24. The van der Waals surface area contributed by atoms with E-state index in [2.05, 4.69) is 41.3 Å². The molecule has 0 saturated heterocycles. The average molecular weight is 407 g/mol. The lowest BCUT2D eigenvalue weighted by atomic mass is 10.1. The monoisotopic (exact) mass is 406 g/mol. The molecule has 0 spiro atoms. The van der Waals surface area contributed by atoms with Gasteiger partial charge in [0.15, 0.2) is 0 Å². The standard InChI is InChI=1S/C22H22N4O2S/c1-14-5-11-17(12-6-14)29-20-18(24-21(26(20)4)22(2,3)27)15-7-9-16(10-8-15)19-23-13-28-25-19/h5-13,27H,1-4H3.